The molecule has 0 aromatic heterocycles. The third-order valence-corrected chi connectivity index (χ3v) is 5.17. The summed E-state index contributed by atoms with van der Waals surface area (Å²) in [6.07, 6.45) is 3.46. The van der Waals surface area contributed by atoms with Crippen molar-refractivity contribution < 1.29 is 4.39 Å². The average Bonchev–Trinajstić information content (AvgIpc) is 2.39. The Labute approximate surface area is 136 Å². The summed E-state index contributed by atoms with van der Waals surface area (Å²) in [5, 5.41) is 3.54. The van der Waals surface area contributed by atoms with Gasteiger partial charge in [-0.1, -0.05) is 43.6 Å². The molecule has 0 aliphatic heterocycles. The predicted molar refractivity (Wildman–Crippen MR) is 91.1 cm³/mol. The maximum Gasteiger partial charge on any atom is 0.126 e. The number of hydrogen-bond acceptors (Lipinski definition) is 1. The van der Waals surface area contributed by atoms with Crippen molar-refractivity contribution in [3.8, 4) is 0 Å². The SMILES string of the molecule is CC(C)NCC1CCC(C)(C)CC1c1cc(Br)ccc1F. The molecule has 1 fully saturated rings. The number of rotatable bonds is 4. The Kier molecular flexibility index (Phi) is 5.48. The first kappa shape index (κ1) is 17.0. The molecule has 1 aromatic carbocycles. The highest BCUT2D eigenvalue weighted by Crippen LogP contribution is 2.47. The van der Waals surface area contributed by atoms with Crippen LogP contribution in [0.25, 0.3) is 0 Å². The quantitative estimate of drug-likeness (QED) is 0.752. The Morgan fingerprint density at radius 2 is 2.10 bits per heavy atom. The van der Waals surface area contributed by atoms with Gasteiger partial charge in [0.1, 0.15) is 5.82 Å². The predicted octanol–water partition coefficient (Wildman–Crippen LogP) is 5.50. The maximum absolute atomic E-state index is 14.3. The molecule has 2 atom stereocenters. The summed E-state index contributed by atoms with van der Waals surface area (Å²) in [7, 11) is 0. The van der Waals surface area contributed by atoms with Gasteiger partial charge in [-0.2, -0.15) is 0 Å². The van der Waals surface area contributed by atoms with Crippen LogP contribution < -0.4 is 5.32 Å². The van der Waals surface area contributed by atoms with Crippen LogP contribution in [-0.2, 0) is 0 Å². The molecule has 2 unspecified atom stereocenters. The summed E-state index contributed by atoms with van der Waals surface area (Å²) in [4.78, 5) is 0. The van der Waals surface area contributed by atoms with E-state index in [1.165, 1.54) is 12.8 Å². The Morgan fingerprint density at radius 1 is 1.38 bits per heavy atom. The van der Waals surface area contributed by atoms with Gasteiger partial charge in [-0.25, -0.2) is 4.39 Å². The van der Waals surface area contributed by atoms with E-state index in [1.807, 2.05) is 6.07 Å². The van der Waals surface area contributed by atoms with Gasteiger partial charge in [-0.05, 0) is 66.8 Å². The lowest BCUT2D eigenvalue weighted by molar-refractivity contribution is 0.156. The highest BCUT2D eigenvalue weighted by Gasteiger charge is 2.36. The summed E-state index contributed by atoms with van der Waals surface area (Å²) >= 11 is 3.49. The fourth-order valence-corrected chi connectivity index (χ4v) is 3.81. The molecule has 0 amide bonds. The van der Waals surface area contributed by atoms with E-state index in [4.69, 9.17) is 0 Å². The summed E-state index contributed by atoms with van der Waals surface area (Å²) in [5.74, 6) is 0.761. The van der Waals surface area contributed by atoms with Crippen LogP contribution in [0.15, 0.2) is 22.7 Å². The molecule has 21 heavy (non-hydrogen) atoms. The van der Waals surface area contributed by atoms with Crippen LogP contribution in [0, 0.1) is 17.2 Å². The zero-order chi connectivity index (χ0) is 15.6. The van der Waals surface area contributed by atoms with E-state index >= 15 is 0 Å². The number of benzene rings is 1. The lowest BCUT2D eigenvalue weighted by atomic mass is 9.65. The maximum atomic E-state index is 14.3. The molecule has 0 spiro atoms. The Balaban J connectivity index is 2.26. The van der Waals surface area contributed by atoms with Crippen LogP contribution in [0.3, 0.4) is 0 Å². The lowest BCUT2D eigenvalue weighted by Crippen LogP contribution is -2.37. The standard InChI is InChI=1S/C18H27BrFN/c1-12(2)21-11-13-7-8-18(3,4)10-16(13)15-9-14(19)5-6-17(15)20/h5-6,9,12-13,16,21H,7-8,10-11H2,1-4H3. The Morgan fingerprint density at radius 3 is 2.76 bits per heavy atom. The molecule has 3 heteroatoms. The molecule has 1 saturated carbocycles. The van der Waals surface area contributed by atoms with Gasteiger partial charge < -0.3 is 5.32 Å². The molecule has 0 bridgehead atoms. The van der Waals surface area contributed by atoms with E-state index in [9.17, 15) is 4.39 Å². The van der Waals surface area contributed by atoms with Crippen molar-refractivity contribution in [1.29, 1.82) is 0 Å². The van der Waals surface area contributed by atoms with Gasteiger partial charge in [0.05, 0.1) is 0 Å². The average molecular weight is 356 g/mol. The molecule has 1 N–H and O–H groups in total. The van der Waals surface area contributed by atoms with Gasteiger partial charge in [0, 0.05) is 10.5 Å². The minimum atomic E-state index is -0.0598. The smallest absolute Gasteiger partial charge is 0.126 e. The summed E-state index contributed by atoms with van der Waals surface area (Å²) in [6, 6.07) is 5.83. The first-order valence-electron chi connectivity index (χ1n) is 7.97. The van der Waals surface area contributed by atoms with Crippen molar-refractivity contribution in [1.82, 2.24) is 5.32 Å². The molecular weight excluding hydrogens is 329 g/mol. The van der Waals surface area contributed by atoms with Crippen LogP contribution >= 0.6 is 15.9 Å². The van der Waals surface area contributed by atoms with Crippen LogP contribution in [0.4, 0.5) is 4.39 Å². The second-order valence-corrected chi connectivity index (χ2v) is 8.42. The zero-order valence-electron chi connectivity index (χ0n) is 13.5. The fourth-order valence-electron chi connectivity index (χ4n) is 3.44. The molecule has 1 aliphatic carbocycles. The van der Waals surface area contributed by atoms with Crippen LogP contribution in [0.1, 0.15) is 58.4 Å². The molecule has 2 rings (SSSR count). The number of hydrogen-bond donors (Lipinski definition) is 1. The van der Waals surface area contributed by atoms with E-state index in [2.05, 4.69) is 48.9 Å². The van der Waals surface area contributed by atoms with Crippen molar-refractivity contribution >= 4 is 15.9 Å². The van der Waals surface area contributed by atoms with E-state index in [0.29, 0.717) is 23.3 Å². The third kappa shape index (κ3) is 4.53. The molecule has 1 aliphatic rings. The minimum absolute atomic E-state index is 0.0598. The molecule has 0 radical (unpaired) electrons. The monoisotopic (exact) mass is 355 g/mol. The third-order valence-electron chi connectivity index (χ3n) is 4.68. The molecular formula is C18H27BrFN. The van der Waals surface area contributed by atoms with Crippen LogP contribution in [0.2, 0.25) is 0 Å². The van der Waals surface area contributed by atoms with E-state index in [0.717, 1.165) is 23.0 Å². The second kappa shape index (κ2) is 6.78. The topological polar surface area (TPSA) is 12.0 Å². The minimum Gasteiger partial charge on any atom is -0.314 e. The highest BCUT2D eigenvalue weighted by molar-refractivity contribution is 9.10. The van der Waals surface area contributed by atoms with Gasteiger partial charge in [-0.3, -0.25) is 0 Å². The van der Waals surface area contributed by atoms with Crippen molar-refractivity contribution in [2.75, 3.05) is 6.54 Å². The van der Waals surface area contributed by atoms with Crippen molar-refractivity contribution in [3.63, 3.8) is 0 Å². The molecule has 1 nitrogen and oxygen atoms in total. The summed E-state index contributed by atoms with van der Waals surface area (Å²) < 4.78 is 15.3. The number of nitrogens with one attached hydrogen (secondary N) is 1. The van der Waals surface area contributed by atoms with Crippen LogP contribution in [-0.4, -0.2) is 12.6 Å². The summed E-state index contributed by atoms with van der Waals surface area (Å²) in [6.45, 7) is 9.93. The van der Waals surface area contributed by atoms with Gasteiger partial charge in [0.15, 0.2) is 0 Å². The Bertz CT molecular complexity index is 482. The summed E-state index contributed by atoms with van der Waals surface area (Å²) in [5.41, 5.74) is 1.18. The first-order chi connectivity index (χ1) is 9.78. The highest BCUT2D eigenvalue weighted by atomic mass is 79.9. The normalized spacial score (nSPS) is 25.3. The number of halogens is 2. The van der Waals surface area contributed by atoms with Crippen molar-refractivity contribution in [2.24, 2.45) is 11.3 Å². The van der Waals surface area contributed by atoms with Gasteiger partial charge in [-0.15, -0.1) is 0 Å². The van der Waals surface area contributed by atoms with Gasteiger partial charge in [0.25, 0.3) is 0 Å². The van der Waals surface area contributed by atoms with Crippen molar-refractivity contribution in [2.45, 2.75) is 58.9 Å². The van der Waals surface area contributed by atoms with Gasteiger partial charge >= 0.3 is 0 Å². The fraction of sp³-hybridized carbons (Fsp3) is 0.667. The second-order valence-electron chi connectivity index (χ2n) is 7.50. The van der Waals surface area contributed by atoms with Gasteiger partial charge in [0.2, 0.25) is 0 Å². The van der Waals surface area contributed by atoms with Crippen LogP contribution in [0.5, 0.6) is 0 Å². The molecule has 1 aromatic rings. The lowest BCUT2D eigenvalue weighted by Gasteiger charge is -2.41. The van der Waals surface area contributed by atoms with E-state index < -0.39 is 0 Å². The molecule has 118 valence electrons. The molecule has 0 heterocycles. The molecule has 0 saturated heterocycles. The first-order valence-corrected chi connectivity index (χ1v) is 8.76. The van der Waals surface area contributed by atoms with Crippen molar-refractivity contribution in [3.05, 3.63) is 34.1 Å². The largest absolute Gasteiger partial charge is 0.314 e. The van der Waals surface area contributed by atoms with E-state index in [-0.39, 0.29) is 5.82 Å². The Hall–Kier alpha value is -0.410. The van der Waals surface area contributed by atoms with E-state index in [1.54, 1.807) is 12.1 Å². The zero-order valence-corrected chi connectivity index (χ0v) is 15.1.